The maximum Gasteiger partial charge on any atom is 0.406 e. The predicted octanol–water partition coefficient (Wildman–Crippen LogP) is 4.35. The van der Waals surface area contributed by atoms with Crippen LogP contribution in [0.5, 0.6) is 0 Å². The van der Waals surface area contributed by atoms with E-state index < -0.39 is 18.6 Å². The van der Waals surface area contributed by atoms with E-state index in [1.54, 1.807) is 0 Å². The molecule has 0 aliphatic carbocycles. The van der Waals surface area contributed by atoms with Gasteiger partial charge in [0.15, 0.2) is 0 Å². The summed E-state index contributed by atoms with van der Waals surface area (Å²) in [6, 6.07) is 4.34. The lowest BCUT2D eigenvalue weighted by Gasteiger charge is -2.23. The minimum absolute atomic E-state index is 0.0712. The summed E-state index contributed by atoms with van der Waals surface area (Å²) in [5.41, 5.74) is 0.0712. The van der Waals surface area contributed by atoms with E-state index in [9.17, 15) is 18.0 Å². The second-order valence-corrected chi connectivity index (χ2v) is 5.32. The molecule has 0 aromatic heterocycles. The Kier molecular flexibility index (Phi) is 5.95. The highest BCUT2D eigenvalue weighted by Crippen LogP contribution is 2.24. The molecule has 0 N–H and O–H groups in total. The number of amides is 1. The Morgan fingerprint density at radius 3 is 2.53 bits per heavy atom. The molecule has 2 nitrogen and oxygen atoms in total. The summed E-state index contributed by atoms with van der Waals surface area (Å²) in [7, 11) is 0. The highest BCUT2D eigenvalue weighted by atomic mass is 79.9. The smallest absolute Gasteiger partial charge is 0.328 e. The molecule has 0 radical (unpaired) electrons. The summed E-state index contributed by atoms with van der Waals surface area (Å²) in [6.07, 6.45) is -4.48. The molecule has 0 aliphatic rings. The van der Waals surface area contributed by atoms with E-state index in [1.165, 1.54) is 18.2 Å². The van der Waals surface area contributed by atoms with Gasteiger partial charge in [-0.05, 0) is 34.1 Å². The van der Waals surface area contributed by atoms with Crippen LogP contribution in [0.2, 0.25) is 5.02 Å². The molecule has 1 rings (SSSR count). The second kappa shape index (κ2) is 6.81. The van der Waals surface area contributed by atoms with Crippen molar-refractivity contribution < 1.29 is 18.0 Å². The minimum Gasteiger partial charge on any atom is -0.328 e. The zero-order valence-corrected chi connectivity index (χ0v) is 12.6. The fourth-order valence-corrected chi connectivity index (χ4v) is 2.19. The maximum atomic E-state index is 12.4. The van der Waals surface area contributed by atoms with Gasteiger partial charge in [-0.2, -0.15) is 13.2 Å². The molecule has 19 heavy (non-hydrogen) atoms. The van der Waals surface area contributed by atoms with Crippen LogP contribution < -0.4 is 0 Å². The molecule has 0 aliphatic heterocycles. The van der Waals surface area contributed by atoms with E-state index in [0.29, 0.717) is 9.37 Å². The quantitative estimate of drug-likeness (QED) is 0.713. The van der Waals surface area contributed by atoms with Gasteiger partial charge in [0.2, 0.25) is 0 Å². The van der Waals surface area contributed by atoms with E-state index >= 15 is 0 Å². The molecule has 1 aromatic carbocycles. The van der Waals surface area contributed by atoms with Gasteiger partial charge in [-0.15, -0.1) is 11.6 Å². The lowest BCUT2D eigenvalue weighted by Crippen LogP contribution is -2.40. The summed E-state index contributed by atoms with van der Waals surface area (Å²) in [6.45, 7) is -1.55. The molecule has 0 atom stereocenters. The van der Waals surface area contributed by atoms with Gasteiger partial charge < -0.3 is 4.90 Å². The number of benzene rings is 1. The third kappa shape index (κ3) is 5.20. The number of hydrogen-bond acceptors (Lipinski definition) is 1. The summed E-state index contributed by atoms with van der Waals surface area (Å²) in [5, 5.41) is 0.268. The van der Waals surface area contributed by atoms with Crippen LogP contribution in [0.4, 0.5) is 13.2 Å². The van der Waals surface area contributed by atoms with Gasteiger partial charge in [0, 0.05) is 21.9 Å². The number of halogens is 6. The van der Waals surface area contributed by atoms with E-state index in [4.69, 9.17) is 23.2 Å². The van der Waals surface area contributed by atoms with Crippen LogP contribution in [0.1, 0.15) is 10.4 Å². The Morgan fingerprint density at radius 1 is 1.37 bits per heavy atom. The summed E-state index contributed by atoms with van der Waals surface area (Å²) < 4.78 is 37.6. The highest BCUT2D eigenvalue weighted by molar-refractivity contribution is 9.10. The molecule has 0 fully saturated rings. The van der Waals surface area contributed by atoms with Gasteiger partial charge in [-0.25, -0.2) is 0 Å². The molecular formula is C11H9BrCl2F3NO. The van der Waals surface area contributed by atoms with Crippen LogP contribution in [0.15, 0.2) is 22.7 Å². The Bertz CT molecular complexity index is 468. The molecule has 1 amide bonds. The lowest BCUT2D eigenvalue weighted by atomic mass is 10.2. The van der Waals surface area contributed by atoms with E-state index in [2.05, 4.69) is 15.9 Å². The molecule has 0 bridgehead atoms. The zero-order valence-electron chi connectivity index (χ0n) is 9.48. The van der Waals surface area contributed by atoms with Crippen LogP contribution in [-0.4, -0.2) is 36.0 Å². The molecular weight excluding hydrogens is 370 g/mol. The number of rotatable bonds is 4. The summed E-state index contributed by atoms with van der Waals surface area (Å²) in [4.78, 5) is 12.7. The first-order valence-electron chi connectivity index (χ1n) is 5.11. The van der Waals surface area contributed by atoms with Crippen molar-refractivity contribution in [3.8, 4) is 0 Å². The number of hydrogen-bond donors (Lipinski definition) is 0. The largest absolute Gasteiger partial charge is 0.406 e. The van der Waals surface area contributed by atoms with Crippen LogP contribution >= 0.6 is 39.1 Å². The predicted molar refractivity (Wildman–Crippen MR) is 71.8 cm³/mol. The monoisotopic (exact) mass is 377 g/mol. The average molecular weight is 379 g/mol. The maximum absolute atomic E-state index is 12.4. The molecule has 106 valence electrons. The van der Waals surface area contributed by atoms with Crippen LogP contribution in [0.25, 0.3) is 0 Å². The normalized spacial score (nSPS) is 11.5. The van der Waals surface area contributed by atoms with E-state index in [-0.39, 0.29) is 23.0 Å². The molecule has 0 saturated heterocycles. The first-order valence-corrected chi connectivity index (χ1v) is 6.82. The van der Waals surface area contributed by atoms with Crippen molar-refractivity contribution in [2.24, 2.45) is 0 Å². The molecule has 1 aromatic rings. The van der Waals surface area contributed by atoms with Crippen molar-refractivity contribution in [3.05, 3.63) is 33.3 Å². The van der Waals surface area contributed by atoms with E-state index in [0.717, 1.165) is 0 Å². The van der Waals surface area contributed by atoms with Crippen molar-refractivity contribution in [2.45, 2.75) is 6.18 Å². The van der Waals surface area contributed by atoms with Crippen LogP contribution in [-0.2, 0) is 0 Å². The van der Waals surface area contributed by atoms with Gasteiger partial charge in [-0.1, -0.05) is 11.6 Å². The van der Waals surface area contributed by atoms with Crippen molar-refractivity contribution in [1.29, 1.82) is 0 Å². The third-order valence-electron chi connectivity index (χ3n) is 2.17. The number of carbonyl (C=O) groups is 1. The first kappa shape index (κ1) is 16.6. The topological polar surface area (TPSA) is 20.3 Å². The Morgan fingerprint density at radius 2 is 2.00 bits per heavy atom. The van der Waals surface area contributed by atoms with Crippen molar-refractivity contribution in [3.63, 3.8) is 0 Å². The SMILES string of the molecule is O=C(c1cc(Cl)ccc1Br)N(CCCl)CC(F)(F)F. The fourth-order valence-electron chi connectivity index (χ4n) is 1.40. The molecule has 8 heteroatoms. The van der Waals surface area contributed by atoms with Crippen molar-refractivity contribution in [1.82, 2.24) is 4.90 Å². The van der Waals surface area contributed by atoms with Gasteiger partial charge in [0.25, 0.3) is 5.91 Å². The molecule has 0 heterocycles. The van der Waals surface area contributed by atoms with Gasteiger partial charge in [-0.3, -0.25) is 4.79 Å². The van der Waals surface area contributed by atoms with Crippen LogP contribution in [0, 0.1) is 0 Å². The number of nitrogens with zero attached hydrogens (tertiary/aromatic N) is 1. The van der Waals surface area contributed by atoms with Crippen LogP contribution in [0.3, 0.4) is 0 Å². The molecule has 0 spiro atoms. The Balaban J connectivity index is 3.02. The molecule has 0 saturated carbocycles. The zero-order chi connectivity index (χ0) is 14.6. The second-order valence-electron chi connectivity index (χ2n) is 3.66. The summed E-state index contributed by atoms with van der Waals surface area (Å²) in [5.74, 6) is -0.854. The number of alkyl halides is 4. The summed E-state index contributed by atoms with van der Waals surface area (Å²) >= 11 is 14.3. The minimum atomic E-state index is -4.48. The fraction of sp³-hybridized carbons (Fsp3) is 0.364. The standard InChI is InChI=1S/C11H9BrCl2F3NO/c12-9-2-1-7(14)5-8(9)10(19)18(4-3-13)6-11(15,16)17/h1-2,5H,3-4,6H2. The lowest BCUT2D eigenvalue weighted by molar-refractivity contribution is -0.140. The van der Waals surface area contributed by atoms with Gasteiger partial charge in [0.05, 0.1) is 5.56 Å². The third-order valence-corrected chi connectivity index (χ3v) is 3.27. The Labute approximate surface area is 126 Å². The Hall–Kier alpha value is -0.460. The van der Waals surface area contributed by atoms with E-state index in [1.807, 2.05) is 0 Å². The van der Waals surface area contributed by atoms with Crippen molar-refractivity contribution >= 4 is 45.0 Å². The molecule has 0 unspecified atom stereocenters. The van der Waals surface area contributed by atoms with Gasteiger partial charge >= 0.3 is 6.18 Å². The van der Waals surface area contributed by atoms with Crippen molar-refractivity contribution in [2.75, 3.05) is 19.0 Å². The van der Waals surface area contributed by atoms with Gasteiger partial charge in [0.1, 0.15) is 6.54 Å². The number of carbonyl (C=O) groups excluding carboxylic acids is 1. The first-order chi connectivity index (χ1) is 8.74. The average Bonchev–Trinajstić information content (AvgIpc) is 2.29. The highest BCUT2D eigenvalue weighted by Gasteiger charge is 2.33.